The lowest BCUT2D eigenvalue weighted by Crippen LogP contribution is -2.36. The van der Waals surface area contributed by atoms with Gasteiger partial charge in [-0.2, -0.15) is 8.42 Å². The highest BCUT2D eigenvalue weighted by Gasteiger charge is 2.18. The molecule has 1 aliphatic heterocycles. The third-order valence-electron chi connectivity index (χ3n) is 3.95. The Morgan fingerprint density at radius 2 is 1.54 bits per heavy atom. The molecule has 28 heavy (non-hydrogen) atoms. The number of hydrogen-bond donors (Lipinski definition) is 3. The Morgan fingerprint density at radius 3 is 2.04 bits per heavy atom. The number of hydrogen-bond acceptors (Lipinski definition) is 7. The third-order valence-corrected chi connectivity index (χ3v) is 3.95. The second-order valence-electron chi connectivity index (χ2n) is 6.31. The largest absolute Gasteiger partial charge is 0.491 e. The summed E-state index contributed by atoms with van der Waals surface area (Å²) in [6.45, 7) is 8.92. The number of ether oxygens (including phenoxy) is 3. The standard InChI is InChI=1S/C18H30N2O3.H2O4S/c1-3-5-9-22-17-14-16(20-7-11-21-12-8-20)18(13-15(17)19)23-10-6-4-2;1-5(2,3)4/h13-14H,3-12,19H2,1-2H3;(H2,1,2,3,4). The molecular weight excluding hydrogens is 388 g/mol. The molecule has 9 nitrogen and oxygen atoms in total. The first-order valence-corrected chi connectivity index (χ1v) is 10.9. The topological polar surface area (TPSA) is 132 Å². The Morgan fingerprint density at radius 1 is 1.04 bits per heavy atom. The fourth-order valence-corrected chi connectivity index (χ4v) is 2.51. The van der Waals surface area contributed by atoms with Crippen molar-refractivity contribution >= 4 is 21.8 Å². The Balaban J connectivity index is 0.000000696. The van der Waals surface area contributed by atoms with Gasteiger partial charge in [0.15, 0.2) is 0 Å². The van der Waals surface area contributed by atoms with Crippen molar-refractivity contribution in [2.24, 2.45) is 0 Å². The van der Waals surface area contributed by atoms with E-state index in [1.165, 1.54) is 0 Å². The zero-order valence-electron chi connectivity index (χ0n) is 16.6. The van der Waals surface area contributed by atoms with Gasteiger partial charge in [0.25, 0.3) is 0 Å². The van der Waals surface area contributed by atoms with Crippen LogP contribution in [0.2, 0.25) is 0 Å². The Kier molecular flexibility index (Phi) is 11.0. The molecule has 0 saturated carbocycles. The smallest absolute Gasteiger partial charge is 0.394 e. The van der Waals surface area contributed by atoms with Crippen molar-refractivity contribution in [3.8, 4) is 11.5 Å². The van der Waals surface area contributed by atoms with Crippen LogP contribution in [0, 0.1) is 0 Å². The molecule has 0 radical (unpaired) electrons. The van der Waals surface area contributed by atoms with Crippen LogP contribution in [0.3, 0.4) is 0 Å². The Labute approximate surface area is 167 Å². The van der Waals surface area contributed by atoms with Crippen molar-refractivity contribution in [3.05, 3.63) is 12.1 Å². The molecule has 10 heteroatoms. The average Bonchev–Trinajstić information content (AvgIpc) is 2.63. The quantitative estimate of drug-likeness (QED) is 0.313. The molecule has 0 amide bonds. The molecule has 0 aliphatic carbocycles. The Bertz CT molecular complexity index is 669. The highest BCUT2D eigenvalue weighted by Crippen LogP contribution is 2.38. The second-order valence-corrected chi connectivity index (χ2v) is 7.20. The van der Waals surface area contributed by atoms with Crippen molar-refractivity contribution in [1.29, 1.82) is 0 Å². The molecule has 0 bridgehead atoms. The summed E-state index contributed by atoms with van der Waals surface area (Å²) in [5.41, 5.74) is 7.86. The van der Waals surface area contributed by atoms with Crippen molar-refractivity contribution in [1.82, 2.24) is 0 Å². The van der Waals surface area contributed by atoms with Crippen LogP contribution in [0.25, 0.3) is 0 Å². The lowest BCUT2D eigenvalue weighted by Gasteiger charge is -2.31. The van der Waals surface area contributed by atoms with E-state index in [9.17, 15) is 0 Å². The molecule has 1 aromatic carbocycles. The van der Waals surface area contributed by atoms with E-state index in [0.717, 1.165) is 69.2 Å². The van der Waals surface area contributed by atoms with Crippen LogP contribution in [0.1, 0.15) is 39.5 Å². The van der Waals surface area contributed by atoms with Gasteiger partial charge in [-0.1, -0.05) is 26.7 Å². The van der Waals surface area contributed by atoms with Gasteiger partial charge in [-0.15, -0.1) is 0 Å². The summed E-state index contributed by atoms with van der Waals surface area (Å²) in [4.78, 5) is 2.29. The molecule has 0 unspecified atom stereocenters. The second kappa shape index (κ2) is 12.7. The van der Waals surface area contributed by atoms with Crippen LogP contribution >= 0.6 is 0 Å². The summed E-state index contributed by atoms with van der Waals surface area (Å²) in [6, 6.07) is 3.93. The van der Waals surface area contributed by atoms with Gasteiger partial charge in [-0.3, -0.25) is 9.11 Å². The van der Waals surface area contributed by atoms with Crippen molar-refractivity contribution in [3.63, 3.8) is 0 Å². The number of nitrogens with zero attached hydrogens (tertiary/aromatic N) is 1. The van der Waals surface area contributed by atoms with E-state index in [0.29, 0.717) is 18.9 Å². The number of unbranched alkanes of at least 4 members (excludes halogenated alkanes) is 2. The number of rotatable bonds is 9. The normalized spacial score (nSPS) is 14.2. The fourth-order valence-electron chi connectivity index (χ4n) is 2.51. The van der Waals surface area contributed by atoms with Gasteiger partial charge in [0.2, 0.25) is 0 Å². The first-order chi connectivity index (χ1) is 13.3. The molecule has 1 fully saturated rings. The van der Waals surface area contributed by atoms with Crippen LogP contribution in [-0.4, -0.2) is 57.0 Å². The third kappa shape index (κ3) is 9.98. The molecule has 1 saturated heterocycles. The SMILES string of the molecule is CCCCOc1cc(N2CCOCC2)c(OCCCC)cc1N.O=S(=O)(O)O. The van der Waals surface area contributed by atoms with E-state index in [1.54, 1.807) is 0 Å². The summed E-state index contributed by atoms with van der Waals surface area (Å²) in [5, 5.41) is 0. The molecule has 0 spiro atoms. The maximum absolute atomic E-state index is 8.74. The van der Waals surface area contributed by atoms with Crippen LogP contribution in [0.4, 0.5) is 11.4 Å². The number of anilines is 2. The first kappa shape index (κ1) is 24.3. The van der Waals surface area contributed by atoms with Gasteiger partial charge in [0, 0.05) is 25.2 Å². The number of nitrogens with two attached hydrogens (primary N) is 1. The zero-order chi connectivity index (χ0) is 21.0. The fraction of sp³-hybridized carbons (Fsp3) is 0.667. The molecule has 0 aromatic heterocycles. The van der Waals surface area contributed by atoms with Gasteiger partial charge in [0.1, 0.15) is 11.5 Å². The lowest BCUT2D eigenvalue weighted by molar-refractivity contribution is 0.122. The zero-order valence-corrected chi connectivity index (χ0v) is 17.4. The highest BCUT2D eigenvalue weighted by atomic mass is 32.3. The lowest BCUT2D eigenvalue weighted by atomic mass is 10.2. The number of benzene rings is 1. The van der Waals surface area contributed by atoms with E-state index in [2.05, 4.69) is 18.7 Å². The predicted octanol–water partition coefficient (Wildman–Crippen LogP) is 2.81. The molecule has 0 atom stereocenters. The summed E-state index contributed by atoms with van der Waals surface area (Å²) in [6.07, 6.45) is 4.29. The van der Waals surface area contributed by atoms with Gasteiger partial charge >= 0.3 is 10.4 Å². The average molecular weight is 421 g/mol. The molecule has 4 N–H and O–H groups in total. The summed E-state index contributed by atoms with van der Waals surface area (Å²) < 4.78 is 48.9. The molecule has 1 aromatic rings. The predicted molar refractivity (Wildman–Crippen MR) is 109 cm³/mol. The van der Waals surface area contributed by atoms with Crippen molar-refractivity contribution < 1.29 is 31.7 Å². The van der Waals surface area contributed by atoms with E-state index in [1.807, 2.05) is 12.1 Å². The van der Waals surface area contributed by atoms with Gasteiger partial charge in [-0.25, -0.2) is 0 Å². The molecule has 1 heterocycles. The van der Waals surface area contributed by atoms with Crippen LogP contribution in [-0.2, 0) is 15.1 Å². The summed E-state index contributed by atoms with van der Waals surface area (Å²) in [7, 11) is -4.67. The molecule has 162 valence electrons. The van der Waals surface area contributed by atoms with E-state index in [4.69, 9.17) is 37.5 Å². The summed E-state index contributed by atoms with van der Waals surface area (Å²) in [5.74, 6) is 1.60. The Hall–Kier alpha value is -1.75. The molecule has 2 rings (SSSR count). The number of nitrogen functional groups attached to an aromatic ring is 1. The molecule has 1 aliphatic rings. The minimum Gasteiger partial charge on any atom is -0.491 e. The van der Waals surface area contributed by atoms with Crippen molar-refractivity contribution in [2.75, 3.05) is 50.2 Å². The van der Waals surface area contributed by atoms with Gasteiger partial charge in [0.05, 0.1) is 37.8 Å². The monoisotopic (exact) mass is 420 g/mol. The molecular formula is C18H32N2O7S. The van der Waals surface area contributed by atoms with E-state index < -0.39 is 10.4 Å². The summed E-state index contributed by atoms with van der Waals surface area (Å²) >= 11 is 0. The van der Waals surface area contributed by atoms with Crippen LogP contribution in [0.5, 0.6) is 11.5 Å². The minimum absolute atomic E-state index is 0.643. The first-order valence-electron chi connectivity index (χ1n) is 9.48. The minimum atomic E-state index is -4.67. The van der Waals surface area contributed by atoms with Gasteiger partial charge < -0.3 is 24.8 Å². The highest BCUT2D eigenvalue weighted by molar-refractivity contribution is 7.79. The number of morpholine rings is 1. The van der Waals surface area contributed by atoms with Gasteiger partial charge in [-0.05, 0) is 12.8 Å². The van der Waals surface area contributed by atoms with E-state index >= 15 is 0 Å². The van der Waals surface area contributed by atoms with Crippen LogP contribution < -0.4 is 20.1 Å². The maximum Gasteiger partial charge on any atom is 0.394 e. The maximum atomic E-state index is 8.74. The van der Waals surface area contributed by atoms with E-state index in [-0.39, 0.29) is 0 Å². The van der Waals surface area contributed by atoms with Crippen LogP contribution in [0.15, 0.2) is 12.1 Å². The van der Waals surface area contributed by atoms with Crippen molar-refractivity contribution in [2.45, 2.75) is 39.5 Å².